The normalized spacial score (nSPS) is 13.4. The van der Waals surface area contributed by atoms with Gasteiger partial charge in [-0.05, 0) is 47.5 Å². The number of hydrogen-bond donors (Lipinski definition) is 3. The summed E-state index contributed by atoms with van der Waals surface area (Å²) in [4.78, 5) is 15.9. The van der Waals surface area contributed by atoms with Crippen molar-refractivity contribution in [1.82, 2.24) is 9.71 Å². The molecular weight excluding hydrogens is 504 g/mol. The first kappa shape index (κ1) is 25.7. The Labute approximate surface area is 212 Å². The smallest absolute Gasteiger partial charge is 0.321 e. The Bertz CT molecular complexity index is 1400. The van der Waals surface area contributed by atoms with E-state index >= 15 is 0 Å². The van der Waals surface area contributed by atoms with Gasteiger partial charge in [-0.2, -0.15) is 4.72 Å². The van der Waals surface area contributed by atoms with Gasteiger partial charge in [0.1, 0.15) is 17.3 Å². The largest absolute Gasteiger partial charge is 0.497 e. The topological polar surface area (TPSA) is 139 Å². The number of hydrogen-bond acceptors (Lipinski definition) is 8. The Morgan fingerprint density at radius 1 is 1.06 bits per heavy atom. The van der Waals surface area contributed by atoms with Crippen molar-refractivity contribution in [2.45, 2.75) is 28.7 Å². The Hall–Kier alpha value is -3.38. The minimum Gasteiger partial charge on any atom is -0.497 e. The molecule has 9 nitrogen and oxygen atoms in total. The van der Waals surface area contributed by atoms with E-state index in [1.165, 1.54) is 12.1 Å². The summed E-state index contributed by atoms with van der Waals surface area (Å²) in [6.45, 7) is 0. The lowest BCUT2D eigenvalue weighted by Crippen LogP contribution is -2.43. The monoisotopic (exact) mass is 528 g/mol. The summed E-state index contributed by atoms with van der Waals surface area (Å²) in [5, 5.41) is 20.3. The maximum absolute atomic E-state index is 12.8. The molecule has 0 fully saturated rings. The summed E-state index contributed by atoms with van der Waals surface area (Å²) in [6.07, 6.45) is -1.45. The standard InChI is InChI=1S/C25H24N2O7S2/c1-33-19-10-6-16(7-11-19)17-8-12-20(13-9-17)36(31,32)27-22(24(29)30)14-18(28)15-35-25-26-21-4-2-3-5-23(21)34-25/h2-13,18,22,27-28H,14-15H2,1H3,(H,29,30). The molecule has 3 aromatic carbocycles. The molecule has 0 saturated heterocycles. The van der Waals surface area contributed by atoms with Crippen molar-refractivity contribution in [1.29, 1.82) is 0 Å². The second-order valence-electron chi connectivity index (χ2n) is 7.91. The van der Waals surface area contributed by atoms with Crippen molar-refractivity contribution in [3.8, 4) is 16.9 Å². The quantitative estimate of drug-likeness (QED) is 0.248. The molecular formula is C25H24N2O7S2. The van der Waals surface area contributed by atoms with Crippen LogP contribution >= 0.6 is 11.8 Å². The van der Waals surface area contributed by atoms with Gasteiger partial charge in [-0.3, -0.25) is 4.79 Å². The summed E-state index contributed by atoms with van der Waals surface area (Å²) in [7, 11) is -2.57. The summed E-state index contributed by atoms with van der Waals surface area (Å²) in [6, 6.07) is 19.0. The fourth-order valence-corrected chi connectivity index (χ4v) is 5.47. The number of ether oxygens (including phenoxy) is 1. The number of fused-ring (bicyclic) bond motifs is 1. The fraction of sp³-hybridized carbons (Fsp3) is 0.200. The molecule has 11 heteroatoms. The number of carbonyl (C=O) groups is 1. The molecule has 188 valence electrons. The van der Waals surface area contributed by atoms with Crippen LogP contribution in [0.3, 0.4) is 0 Å². The number of sulfonamides is 1. The number of oxazole rings is 1. The number of para-hydroxylation sites is 2. The highest BCUT2D eigenvalue weighted by Crippen LogP contribution is 2.26. The third-order valence-electron chi connectivity index (χ3n) is 5.36. The lowest BCUT2D eigenvalue weighted by Gasteiger charge is -2.18. The molecule has 1 aromatic heterocycles. The average Bonchev–Trinajstić information content (AvgIpc) is 3.30. The SMILES string of the molecule is COc1ccc(-c2ccc(S(=O)(=O)NC(CC(O)CSc3nc4ccccc4o3)C(=O)O)cc2)cc1. The number of aromatic nitrogens is 1. The van der Waals surface area contributed by atoms with Crippen LogP contribution in [0, 0.1) is 0 Å². The third kappa shape index (κ3) is 6.24. The number of rotatable bonds is 11. The molecule has 0 aliphatic rings. The average molecular weight is 529 g/mol. The van der Waals surface area contributed by atoms with Gasteiger partial charge in [-0.15, -0.1) is 0 Å². The van der Waals surface area contributed by atoms with Gasteiger partial charge < -0.3 is 19.4 Å². The van der Waals surface area contributed by atoms with Crippen LogP contribution in [0.25, 0.3) is 22.2 Å². The number of carboxylic acids is 1. The second kappa shape index (κ2) is 11.1. The van der Waals surface area contributed by atoms with Gasteiger partial charge in [0.15, 0.2) is 5.58 Å². The zero-order valence-electron chi connectivity index (χ0n) is 19.2. The highest BCUT2D eigenvalue weighted by atomic mass is 32.2. The van der Waals surface area contributed by atoms with Gasteiger partial charge >= 0.3 is 5.97 Å². The highest BCUT2D eigenvalue weighted by molar-refractivity contribution is 7.99. The molecule has 2 atom stereocenters. The minimum atomic E-state index is -4.14. The number of aliphatic hydroxyl groups is 1. The van der Waals surface area contributed by atoms with Crippen molar-refractivity contribution in [3.05, 3.63) is 72.8 Å². The van der Waals surface area contributed by atoms with E-state index in [1.807, 2.05) is 24.3 Å². The highest BCUT2D eigenvalue weighted by Gasteiger charge is 2.28. The van der Waals surface area contributed by atoms with Crippen LogP contribution in [0.4, 0.5) is 0 Å². The van der Waals surface area contributed by atoms with Gasteiger partial charge in [-0.1, -0.05) is 48.2 Å². The van der Waals surface area contributed by atoms with Crippen molar-refractivity contribution < 1.29 is 32.6 Å². The maximum Gasteiger partial charge on any atom is 0.321 e. The van der Waals surface area contributed by atoms with Crippen LogP contribution in [0.15, 0.2) is 87.3 Å². The first-order chi connectivity index (χ1) is 17.2. The Morgan fingerprint density at radius 3 is 2.31 bits per heavy atom. The number of methoxy groups -OCH3 is 1. The predicted octanol–water partition coefficient (Wildman–Crippen LogP) is 3.78. The number of nitrogens with zero attached hydrogens (tertiary/aromatic N) is 1. The first-order valence-electron chi connectivity index (χ1n) is 10.9. The fourth-order valence-electron chi connectivity index (χ4n) is 3.49. The van der Waals surface area contributed by atoms with Gasteiger partial charge in [0.05, 0.1) is 18.1 Å². The molecule has 0 aliphatic carbocycles. The van der Waals surface area contributed by atoms with Crippen LogP contribution in [-0.4, -0.2) is 54.6 Å². The number of nitrogens with one attached hydrogen (secondary N) is 1. The van der Waals surface area contributed by atoms with E-state index in [0.29, 0.717) is 22.1 Å². The zero-order chi connectivity index (χ0) is 25.7. The lowest BCUT2D eigenvalue weighted by atomic mass is 10.1. The molecule has 0 saturated carbocycles. The third-order valence-corrected chi connectivity index (χ3v) is 7.83. The van der Waals surface area contributed by atoms with E-state index < -0.39 is 28.1 Å². The van der Waals surface area contributed by atoms with Gasteiger partial charge in [0.2, 0.25) is 10.0 Å². The van der Waals surface area contributed by atoms with E-state index in [4.69, 9.17) is 9.15 Å². The summed E-state index contributed by atoms with van der Waals surface area (Å²) in [5.41, 5.74) is 2.93. The maximum atomic E-state index is 12.8. The predicted molar refractivity (Wildman–Crippen MR) is 136 cm³/mol. The molecule has 0 radical (unpaired) electrons. The Morgan fingerprint density at radius 2 is 1.69 bits per heavy atom. The van der Waals surface area contributed by atoms with Crippen molar-refractivity contribution >= 4 is 38.9 Å². The first-order valence-corrected chi connectivity index (χ1v) is 13.4. The molecule has 4 aromatic rings. The minimum absolute atomic E-state index is 0.0783. The summed E-state index contributed by atoms with van der Waals surface area (Å²) < 4.78 is 38.6. The van der Waals surface area contributed by atoms with E-state index in [1.54, 1.807) is 43.5 Å². The van der Waals surface area contributed by atoms with Crippen LogP contribution in [0.5, 0.6) is 5.75 Å². The molecule has 0 spiro atoms. The van der Waals surface area contributed by atoms with Crippen LogP contribution in [-0.2, 0) is 14.8 Å². The molecule has 3 N–H and O–H groups in total. The van der Waals surface area contributed by atoms with E-state index in [2.05, 4.69) is 9.71 Å². The molecule has 0 amide bonds. The van der Waals surface area contributed by atoms with Gasteiger partial charge in [0.25, 0.3) is 5.22 Å². The number of aliphatic hydroxyl groups excluding tert-OH is 1. The van der Waals surface area contributed by atoms with E-state index in [0.717, 1.165) is 22.9 Å². The molecule has 4 rings (SSSR count). The van der Waals surface area contributed by atoms with E-state index in [9.17, 15) is 23.4 Å². The summed E-state index contributed by atoms with van der Waals surface area (Å²) in [5.74, 6) is -0.606. The lowest BCUT2D eigenvalue weighted by molar-refractivity contribution is -0.139. The number of thioether (sulfide) groups is 1. The van der Waals surface area contributed by atoms with Crippen LogP contribution < -0.4 is 9.46 Å². The number of benzene rings is 3. The van der Waals surface area contributed by atoms with Crippen molar-refractivity contribution in [3.63, 3.8) is 0 Å². The van der Waals surface area contributed by atoms with E-state index in [-0.39, 0.29) is 17.1 Å². The molecule has 1 heterocycles. The summed E-state index contributed by atoms with van der Waals surface area (Å²) >= 11 is 1.12. The number of aliphatic carboxylic acids is 1. The van der Waals surface area contributed by atoms with Crippen molar-refractivity contribution in [2.75, 3.05) is 12.9 Å². The Balaban J connectivity index is 1.38. The Kier molecular flexibility index (Phi) is 7.94. The molecule has 36 heavy (non-hydrogen) atoms. The zero-order valence-corrected chi connectivity index (χ0v) is 20.8. The molecule has 0 aliphatic heterocycles. The number of carboxylic acid groups (broad SMARTS) is 1. The van der Waals surface area contributed by atoms with Crippen molar-refractivity contribution in [2.24, 2.45) is 0 Å². The van der Waals surface area contributed by atoms with Gasteiger partial charge in [0, 0.05) is 12.2 Å². The molecule has 2 unspecified atom stereocenters. The molecule has 0 bridgehead atoms. The van der Waals surface area contributed by atoms with Gasteiger partial charge in [-0.25, -0.2) is 13.4 Å². The van der Waals surface area contributed by atoms with Crippen LogP contribution in [0.2, 0.25) is 0 Å². The van der Waals surface area contributed by atoms with Crippen LogP contribution in [0.1, 0.15) is 6.42 Å². The second-order valence-corrected chi connectivity index (χ2v) is 10.6.